The van der Waals surface area contributed by atoms with Crippen LogP contribution in [0.4, 0.5) is 5.69 Å². The lowest BCUT2D eigenvalue weighted by atomic mass is 10.1. The summed E-state index contributed by atoms with van der Waals surface area (Å²) in [4.78, 5) is 2.02. The summed E-state index contributed by atoms with van der Waals surface area (Å²) in [5, 5.41) is 15.0. The fraction of sp³-hybridized carbons (Fsp3) is 0.400. The quantitative estimate of drug-likeness (QED) is 0.910. The minimum atomic E-state index is -0.682. The van der Waals surface area contributed by atoms with Crippen LogP contribution in [0.15, 0.2) is 34.9 Å². The van der Waals surface area contributed by atoms with Gasteiger partial charge in [0.25, 0.3) is 0 Å². The Morgan fingerprint density at radius 2 is 2.15 bits per heavy atom. The van der Waals surface area contributed by atoms with Gasteiger partial charge in [0.2, 0.25) is 0 Å². The highest BCUT2D eigenvalue weighted by Crippen LogP contribution is 2.30. The van der Waals surface area contributed by atoms with Gasteiger partial charge < -0.3 is 10.0 Å². The molecule has 0 amide bonds. The van der Waals surface area contributed by atoms with Crippen LogP contribution in [0.5, 0.6) is 0 Å². The molecule has 0 saturated carbocycles. The van der Waals surface area contributed by atoms with Crippen LogP contribution in [0.25, 0.3) is 0 Å². The van der Waals surface area contributed by atoms with E-state index in [9.17, 15) is 5.11 Å². The third-order valence-corrected chi connectivity index (χ3v) is 3.84. The highest BCUT2D eigenvalue weighted by atomic mass is 79.9. The van der Waals surface area contributed by atoms with Gasteiger partial charge in [0, 0.05) is 26.3 Å². The average Bonchev–Trinajstić information content (AvgIpc) is 2.79. The molecule has 4 nitrogen and oxygen atoms in total. The summed E-state index contributed by atoms with van der Waals surface area (Å²) in [6.07, 6.45) is 2.04. The minimum absolute atomic E-state index is 0.682. The van der Waals surface area contributed by atoms with Crippen LogP contribution < -0.4 is 4.90 Å². The van der Waals surface area contributed by atoms with Crippen molar-refractivity contribution in [3.8, 4) is 0 Å². The first-order valence-corrected chi connectivity index (χ1v) is 7.50. The topological polar surface area (TPSA) is 41.3 Å². The van der Waals surface area contributed by atoms with Crippen molar-refractivity contribution >= 4 is 21.6 Å². The molecule has 1 aromatic carbocycles. The number of anilines is 1. The van der Waals surface area contributed by atoms with Gasteiger partial charge in [0.05, 0.1) is 16.4 Å². The molecule has 0 radical (unpaired) electrons. The van der Waals surface area contributed by atoms with Crippen molar-refractivity contribution in [1.29, 1.82) is 0 Å². The number of benzene rings is 1. The van der Waals surface area contributed by atoms with Crippen molar-refractivity contribution < 1.29 is 5.11 Å². The summed E-state index contributed by atoms with van der Waals surface area (Å²) in [6, 6.07) is 7.92. The predicted molar refractivity (Wildman–Crippen MR) is 85.0 cm³/mol. The molecule has 0 saturated heterocycles. The van der Waals surface area contributed by atoms with E-state index in [1.165, 1.54) is 0 Å². The smallest absolute Gasteiger partial charge is 0.122 e. The molecule has 0 spiro atoms. The van der Waals surface area contributed by atoms with E-state index >= 15 is 0 Å². The Labute approximate surface area is 128 Å². The first-order valence-electron chi connectivity index (χ1n) is 6.71. The highest BCUT2D eigenvalue weighted by molar-refractivity contribution is 9.10. The van der Waals surface area contributed by atoms with Crippen molar-refractivity contribution in [1.82, 2.24) is 9.78 Å². The lowest BCUT2D eigenvalue weighted by molar-refractivity contribution is 0.206. The Morgan fingerprint density at radius 1 is 1.40 bits per heavy atom. The van der Waals surface area contributed by atoms with Crippen LogP contribution in [0.2, 0.25) is 0 Å². The fourth-order valence-electron chi connectivity index (χ4n) is 2.16. The summed E-state index contributed by atoms with van der Waals surface area (Å²) in [7, 11) is 3.98. The number of halogens is 1. The number of aliphatic hydroxyl groups is 1. The van der Waals surface area contributed by atoms with Crippen LogP contribution in [0, 0.1) is 0 Å². The molecular weight excluding hydrogens is 318 g/mol. The summed E-state index contributed by atoms with van der Waals surface area (Å²) >= 11 is 3.48. The molecule has 2 rings (SSSR count). The minimum Gasteiger partial charge on any atom is -0.382 e. The summed E-state index contributed by atoms with van der Waals surface area (Å²) in [5.74, 6) is 0. The first-order chi connectivity index (χ1) is 9.54. The van der Waals surface area contributed by atoms with Gasteiger partial charge in [-0.25, -0.2) is 0 Å². The monoisotopic (exact) mass is 337 g/mol. The molecule has 20 heavy (non-hydrogen) atoms. The molecule has 0 aliphatic carbocycles. The van der Waals surface area contributed by atoms with Gasteiger partial charge in [-0.15, -0.1) is 0 Å². The fourth-order valence-corrected chi connectivity index (χ4v) is 2.68. The Bertz CT molecular complexity index is 580. The molecule has 0 fully saturated rings. The number of rotatable bonds is 5. The maximum Gasteiger partial charge on any atom is 0.122 e. The lowest BCUT2D eigenvalue weighted by Gasteiger charge is -2.18. The predicted octanol–water partition coefficient (Wildman–Crippen LogP) is 3.20. The van der Waals surface area contributed by atoms with Gasteiger partial charge in [0.15, 0.2) is 0 Å². The Balaban J connectivity index is 2.38. The third-order valence-electron chi connectivity index (χ3n) is 3.23. The molecule has 1 unspecified atom stereocenters. The summed E-state index contributed by atoms with van der Waals surface area (Å²) in [6.45, 7) is 2.89. The number of aryl methyl sites for hydroxylation is 1. The zero-order valence-corrected chi connectivity index (χ0v) is 13.6. The summed E-state index contributed by atoms with van der Waals surface area (Å²) < 4.78 is 2.70. The molecule has 5 heteroatoms. The van der Waals surface area contributed by atoms with Gasteiger partial charge in [-0.05, 0) is 40.0 Å². The molecule has 0 aliphatic heterocycles. The van der Waals surface area contributed by atoms with Crippen LogP contribution in [-0.2, 0) is 6.54 Å². The SMILES string of the molecule is CCCn1ncc(Br)c1C(O)c1cccc(N(C)C)c1. The van der Waals surface area contributed by atoms with Crippen molar-refractivity contribution in [2.45, 2.75) is 26.0 Å². The van der Waals surface area contributed by atoms with E-state index in [2.05, 4.69) is 28.0 Å². The average molecular weight is 338 g/mol. The second-order valence-corrected chi connectivity index (χ2v) is 5.85. The zero-order valence-electron chi connectivity index (χ0n) is 12.0. The van der Waals surface area contributed by atoms with Crippen molar-refractivity contribution in [2.24, 2.45) is 0 Å². The number of hydrogen-bond donors (Lipinski definition) is 1. The largest absolute Gasteiger partial charge is 0.382 e. The van der Waals surface area contributed by atoms with Crippen molar-refractivity contribution in [3.63, 3.8) is 0 Å². The first kappa shape index (κ1) is 15.1. The van der Waals surface area contributed by atoms with Crippen LogP contribution in [-0.4, -0.2) is 29.0 Å². The van der Waals surface area contributed by atoms with E-state index in [1.807, 2.05) is 47.9 Å². The molecule has 1 aromatic heterocycles. The molecule has 1 heterocycles. The van der Waals surface area contributed by atoms with Crippen LogP contribution in [0.1, 0.15) is 30.7 Å². The number of hydrogen-bond acceptors (Lipinski definition) is 3. The Kier molecular flexibility index (Phi) is 4.83. The van der Waals surface area contributed by atoms with E-state index in [0.29, 0.717) is 0 Å². The normalized spacial score (nSPS) is 12.4. The molecule has 1 atom stereocenters. The Hall–Kier alpha value is -1.33. The standard InChI is InChI=1S/C15H20BrN3O/c1-4-8-19-14(13(16)10-17-19)15(20)11-6-5-7-12(9-11)18(2)3/h5-7,9-10,15,20H,4,8H2,1-3H3. The van der Waals surface area contributed by atoms with E-state index in [-0.39, 0.29) is 0 Å². The van der Waals surface area contributed by atoms with Gasteiger partial charge >= 0.3 is 0 Å². The molecular formula is C15H20BrN3O. The van der Waals surface area contributed by atoms with Crippen molar-refractivity contribution in [3.05, 3.63) is 46.2 Å². The van der Waals surface area contributed by atoms with Crippen LogP contribution >= 0.6 is 15.9 Å². The molecule has 0 bridgehead atoms. The summed E-state index contributed by atoms with van der Waals surface area (Å²) in [5.41, 5.74) is 2.75. The maximum absolute atomic E-state index is 10.7. The van der Waals surface area contributed by atoms with E-state index in [0.717, 1.165) is 34.4 Å². The second-order valence-electron chi connectivity index (χ2n) is 4.99. The molecule has 1 N–H and O–H groups in total. The van der Waals surface area contributed by atoms with Gasteiger partial charge in [0.1, 0.15) is 6.10 Å². The van der Waals surface area contributed by atoms with E-state index in [4.69, 9.17) is 0 Å². The van der Waals surface area contributed by atoms with Gasteiger partial charge in [-0.1, -0.05) is 19.1 Å². The lowest BCUT2D eigenvalue weighted by Crippen LogP contribution is -2.12. The Morgan fingerprint density at radius 3 is 2.80 bits per heavy atom. The van der Waals surface area contributed by atoms with Gasteiger partial charge in [-0.2, -0.15) is 5.10 Å². The second kappa shape index (κ2) is 6.41. The molecule has 0 aliphatic rings. The number of aliphatic hydroxyl groups excluding tert-OH is 1. The van der Waals surface area contributed by atoms with E-state index < -0.39 is 6.10 Å². The number of aromatic nitrogens is 2. The third kappa shape index (κ3) is 3.04. The number of nitrogens with zero attached hydrogens (tertiary/aromatic N) is 3. The molecule has 2 aromatic rings. The zero-order chi connectivity index (χ0) is 14.7. The van der Waals surface area contributed by atoms with Crippen molar-refractivity contribution in [2.75, 3.05) is 19.0 Å². The van der Waals surface area contributed by atoms with Gasteiger partial charge in [-0.3, -0.25) is 4.68 Å². The maximum atomic E-state index is 10.7. The molecule has 108 valence electrons. The van der Waals surface area contributed by atoms with E-state index in [1.54, 1.807) is 6.20 Å². The van der Waals surface area contributed by atoms with Crippen LogP contribution in [0.3, 0.4) is 0 Å². The highest BCUT2D eigenvalue weighted by Gasteiger charge is 2.19.